The zero-order valence-corrected chi connectivity index (χ0v) is 18.3. The van der Waals surface area contributed by atoms with E-state index in [0.29, 0.717) is 6.54 Å². The van der Waals surface area contributed by atoms with Crippen LogP contribution in [-0.2, 0) is 14.3 Å². The zero-order valence-electron chi connectivity index (χ0n) is 18.3. The summed E-state index contributed by atoms with van der Waals surface area (Å²) in [6.45, 7) is 6.20. The van der Waals surface area contributed by atoms with Crippen LogP contribution in [0.15, 0.2) is 54.6 Å². The number of hydrogen-bond acceptors (Lipinski definition) is 5. The first-order valence-corrected chi connectivity index (χ1v) is 10.7. The first-order chi connectivity index (χ1) is 15.0. The van der Waals surface area contributed by atoms with Crippen molar-refractivity contribution in [2.45, 2.75) is 12.8 Å². The molecule has 0 bridgehead atoms. The molecule has 1 atom stereocenters. The second kappa shape index (κ2) is 11.5. The van der Waals surface area contributed by atoms with Crippen LogP contribution in [0.25, 0.3) is 0 Å². The SMILES string of the molecule is C[C@H](CNC(=O)CN(C)CC(=O)Nc1ccc(N2CCOCC2)cc1)c1ccccc1. The van der Waals surface area contributed by atoms with E-state index in [0.717, 1.165) is 37.7 Å². The van der Waals surface area contributed by atoms with Gasteiger partial charge in [0.05, 0.1) is 26.3 Å². The molecule has 0 aromatic heterocycles. The second-order valence-electron chi connectivity index (χ2n) is 7.98. The molecule has 166 valence electrons. The molecule has 0 unspecified atom stereocenters. The van der Waals surface area contributed by atoms with Crippen molar-refractivity contribution >= 4 is 23.2 Å². The molecule has 7 heteroatoms. The summed E-state index contributed by atoms with van der Waals surface area (Å²) >= 11 is 0. The maximum absolute atomic E-state index is 12.3. The monoisotopic (exact) mass is 424 g/mol. The minimum absolute atomic E-state index is 0.0899. The lowest BCUT2D eigenvalue weighted by atomic mass is 10.0. The minimum Gasteiger partial charge on any atom is -0.378 e. The van der Waals surface area contributed by atoms with Gasteiger partial charge in [-0.25, -0.2) is 0 Å². The van der Waals surface area contributed by atoms with Crippen molar-refractivity contribution in [2.75, 3.05) is 63.2 Å². The smallest absolute Gasteiger partial charge is 0.238 e. The van der Waals surface area contributed by atoms with E-state index in [1.54, 1.807) is 11.9 Å². The molecule has 31 heavy (non-hydrogen) atoms. The topological polar surface area (TPSA) is 73.9 Å². The summed E-state index contributed by atoms with van der Waals surface area (Å²) in [6.07, 6.45) is 0. The number of likely N-dealkylation sites (N-methyl/N-ethyl adjacent to an activating group) is 1. The Hall–Kier alpha value is -2.90. The molecule has 2 aromatic carbocycles. The Morgan fingerprint density at radius 2 is 1.65 bits per heavy atom. The van der Waals surface area contributed by atoms with Gasteiger partial charge in [-0.1, -0.05) is 37.3 Å². The Morgan fingerprint density at radius 1 is 1.00 bits per heavy atom. The lowest BCUT2D eigenvalue weighted by Gasteiger charge is -2.28. The predicted octanol–water partition coefficient (Wildman–Crippen LogP) is 2.31. The number of nitrogens with zero attached hydrogens (tertiary/aromatic N) is 2. The normalized spacial score (nSPS) is 14.9. The number of anilines is 2. The molecular weight excluding hydrogens is 392 g/mol. The van der Waals surface area contributed by atoms with E-state index < -0.39 is 0 Å². The highest BCUT2D eigenvalue weighted by atomic mass is 16.5. The van der Waals surface area contributed by atoms with Gasteiger partial charge in [0.1, 0.15) is 0 Å². The van der Waals surface area contributed by atoms with Crippen molar-refractivity contribution in [1.29, 1.82) is 0 Å². The molecule has 0 saturated carbocycles. The number of ether oxygens (including phenoxy) is 1. The molecule has 1 heterocycles. The summed E-state index contributed by atoms with van der Waals surface area (Å²) in [4.78, 5) is 28.5. The predicted molar refractivity (Wildman–Crippen MR) is 123 cm³/mol. The van der Waals surface area contributed by atoms with Crippen molar-refractivity contribution in [2.24, 2.45) is 0 Å². The van der Waals surface area contributed by atoms with Crippen LogP contribution in [0.3, 0.4) is 0 Å². The first kappa shape index (κ1) is 22.8. The minimum atomic E-state index is -0.146. The van der Waals surface area contributed by atoms with Gasteiger partial charge in [0.2, 0.25) is 11.8 Å². The molecule has 7 nitrogen and oxygen atoms in total. The third-order valence-corrected chi connectivity index (χ3v) is 5.33. The maximum Gasteiger partial charge on any atom is 0.238 e. The van der Waals surface area contributed by atoms with Gasteiger partial charge in [0.25, 0.3) is 0 Å². The Balaban J connectivity index is 1.38. The lowest BCUT2D eigenvalue weighted by molar-refractivity contribution is -0.123. The van der Waals surface area contributed by atoms with Crippen molar-refractivity contribution < 1.29 is 14.3 Å². The van der Waals surface area contributed by atoms with Crippen molar-refractivity contribution in [3.05, 3.63) is 60.2 Å². The Kier molecular flexibility index (Phi) is 8.44. The molecule has 2 amide bonds. The average Bonchev–Trinajstić information content (AvgIpc) is 2.79. The average molecular weight is 425 g/mol. The number of benzene rings is 2. The summed E-state index contributed by atoms with van der Waals surface area (Å²) in [5.74, 6) is -0.000731. The van der Waals surface area contributed by atoms with Gasteiger partial charge in [-0.2, -0.15) is 0 Å². The summed E-state index contributed by atoms with van der Waals surface area (Å²) in [6, 6.07) is 17.9. The molecule has 0 spiro atoms. The van der Waals surface area contributed by atoms with Gasteiger partial charge in [-0.05, 0) is 42.8 Å². The van der Waals surface area contributed by atoms with Crippen molar-refractivity contribution in [3.63, 3.8) is 0 Å². The molecule has 2 aromatic rings. The van der Waals surface area contributed by atoms with Gasteiger partial charge in [0, 0.05) is 31.0 Å². The zero-order chi connectivity index (χ0) is 22.1. The summed E-state index contributed by atoms with van der Waals surface area (Å²) in [5.41, 5.74) is 3.06. The second-order valence-corrected chi connectivity index (χ2v) is 7.98. The van der Waals surface area contributed by atoms with Crippen LogP contribution < -0.4 is 15.5 Å². The molecule has 3 rings (SSSR count). The van der Waals surface area contributed by atoms with Crippen LogP contribution in [-0.4, -0.2) is 69.7 Å². The standard InChI is InChI=1S/C24H32N4O3/c1-19(20-6-4-3-5-7-20)16-25-23(29)17-27(2)18-24(30)26-21-8-10-22(11-9-21)28-12-14-31-15-13-28/h3-11,19H,12-18H2,1-2H3,(H,25,29)(H,26,30)/t19-/m1/s1. The molecule has 1 fully saturated rings. The number of amides is 2. The number of carbonyl (C=O) groups excluding carboxylic acids is 2. The number of nitrogens with one attached hydrogen (secondary N) is 2. The molecule has 2 N–H and O–H groups in total. The fourth-order valence-electron chi connectivity index (χ4n) is 3.55. The molecule has 1 aliphatic heterocycles. The van der Waals surface area contributed by atoms with Gasteiger partial charge < -0.3 is 20.3 Å². The van der Waals surface area contributed by atoms with Gasteiger partial charge in [-0.3, -0.25) is 14.5 Å². The number of rotatable bonds is 9. The van der Waals surface area contributed by atoms with Gasteiger partial charge >= 0.3 is 0 Å². The summed E-state index contributed by atoms with van der Waals surface area (Å²) in [5, 5.41) is 5.84. The van der Waals surface area contributed by atoms with Crippen LogP contribution >= 0.6 is 0 Å². The number of morpholine rings is 1. The fraction of sp³-hybridized carbons (Fsp3) is 0.417. The van der Waals surface area contributed by atoms with E-state index in [-0.39, 0.29) is 30.8 Å². The van der Waals surface area contributed by atoms with Crippen LogP contribution in [0, 0.1) is 0 Å². The van der Waals surface area contributed by atoms with Crippen molar-refractivity contribution in [1.82, 2.24) is 10.2 Å². The highest BCUT2D eigenvalue weighted by molar-refractivity contribution is 5.92. The Morgan fingerprint density at radius 3 is 2.32 bits per heavy atom. The quantitative estimate of drug-likeness (QED) is 0.646. The van der Waals surface area contributed by atoms with E-state index in [2.05, 4.69) is 34.6 Å². The largest absolute Gasteiger partial charge is 0.378 e. The van der Waals surface area contributed by atoms with Crippen LogP contribution in [0.5, 0.6) is 0 Å². The van der Waals surface area contributed by atoms with E-state index in [1.165, 1.54) is 5.56 Å². The van der Waals surface area contributed by atoms with Crippen LogP contribution in [0.1, 0.15) is 18.4 Å². The molecule has 1 aliphatic rings. The van der Waals surface area contributed by atoms with Crippen LogP contribution in [0.2, 0.25) is 0 Å². The van der Waals surface area contributed by atoms with Gasteiger partial charge in [-0.15, -0.1) is 0 Å². The number of hydrogen-bond donors (Lipinski definition) is 2. The Labute approximate surface area is 184 Å². The summed E-state index contributed by atoms with van der Waals surface area (Å²) < 4.78 is 5.38. The molecule has 1 saturated heterocycles. The van der Waals surface area contributed by atoms with E-state index in [4.69, 9.17) is 4.74 Å². The third kappa shape index (κ3) is 7.38. The van der Waals surface area contributed by atoms with E-state index in [1.807, 2.05) is 42.5 Å². The first-order valence-electron chi connectivity index (χ1n) is 10.7. The van der Waals surface area contributed by atoms with Crippen molar-refractivity contribution in [3.8, 4) is 0 Å². The highest BCUT2D eigenvalue weighted by Gasteiger charge is 2.14. The third-order valence-electron chi connectivity index (χ3n) is 5.33. The van der Waals surface area contributed by atoms with Crippen LogP contribution in [0.4, 0.5) is 11.4 Å². The maximum atomic E-state index is 12.3. The molecule has 0 radical (unpaired) electrons. The Bertz CT molecular complexity index is 836. The van der Waals surface area contributed by atoms with E-state index >= 15 is 0 Å². The number of carbonyl (C=O) groups is 2. The highest BCUT2D eigenvalue weighted by Crippen LogP contribution is 2.19. The molecular formula is C24H32N4O3. The molecule has 0 aliphatic carbocycles. The van der Waals surface area contributed by atoms with E-state index in [9.17, 15) is 9.59 Å². The van der Waals surface area contributed by atoms with Gasteiger partial charge in [0.15, 0.2) is 0 Å². The lowest BCUT2D eigenvalue weighted by Crippen LogP contribution is -2.40. The summed E-state index contributed by atoms with van der Waals surface area (Å²) in [7, 11) is 1.77. The fourth-order valence-corrected chi connectivity index (χ4v) is 3.55.